The number of likely N-dealkylation sites (N-methyl/N-ethyl adjacent to an activating group) is 1. The highest BCUT2D eigenvalue weighted by molar-refractivity contribution is 5.46. The Morgan fingerprint density at radius 1 is 1.10 bits per heavy atom. The number of phenols is 1. The Balaban J connectivity index is 1.50. The minimum absolute atomic E-state index is 0.354. The van der Waals surface area contributed by atoms with Crippen molar-refractivity contribution in [2.45, 2.75) is 57.9 Å². The molecule has 1 aromatic rings. The van der Waals surface area contributed by atoms with Gasteiger partial charge in [-0.15, -0.1) is 0 Å². The highest BCUT2D eigenvalue weighted by Crippen LogP contribution is 2.62. The Bertz CT molecular complexity index is 816. The maximum Gasteiger partial charge on any atom is 0.120 e. The molecule has 31 heavy (non-hydrogen) atoms. The molecule has 1 N–H and O–H groups in total. The molecular weight excluding hydrogens is 384 g/mol. The molecule has 4 rings (SSSR count). The van der Waals surface area contributed by atoms with E-state index in [1.54, 1.807) is 5.57 Å². The van der Waals surface area contributed by atoms with Crippen molar-refractivity contribution in [2.75, 3.05) is 47.9 Å². The SMILES string of the molecule is CN(C)CCOCC=C1CCC2C3CCc4cc(O)c(CN(C)C)cc4C3CCC12C. The van der Waals surface area contributed by atoms with Crippen LogP contribution in [0.15, 0.2) is 23.8 Å². The van der Waals surface area contributed by atoms with Crippen LogP contribution in [-0.4, -0.2) is 62.9 Å². The van der Waals surface area contributed by atoms with Crippen LogP contribution in [0, 0.1) is 17.3 Å². The molecule has 2 fully saturated rings. The molecule has 0 radical (unpaired) electrons. The van der Waals surface area contributed by atoms with Crippen molar-refractivity contribution in [1.82, 2.24) is 9.80 Å². The smallest absolute Gasteiger partial charge is 0.120 e. The number of phenolic OH excluding ortho intramolecular Hbond substituents is 1. The minimum atomic E-state index is 0.354. The lowest BCUT2D eigenvalue weighted by molar-refractivity contribution is 0.0801. The molecule has 2 saturated carbocycles. The number of aromatic hydroxyl groups is 1. The van der Waals surface area contributed by atoms with Crippen molar-refractivity contribution in [3.05, 3.63) is 40.5 Å². The Kier molecular flexibility index (Phi) is 6.81. The van der Waals surface area contributed by atoms with Gasteiger partial charge in [-0.2, -0.15) is 0 Å². The molecule has 0 heterocycles. The molecule has 1 aromatic carbocycles. The van der Waals surface area contributed by atoms with Crippen LogP contribution in [0.4, 0.5) is 0 Å². The molecule has 4 heteroatoms. The minimum Gasteiger partial charge on any atom is -0.508 e. The van der Waals surface area contributed by atoms with Crippen molar-refractivity contribution >= 4 is 0 Å². The van der Waals surface area contributed by atoms with Crippen LogP contribution in [0.5, 0.6) is 5.75 Å². The number of fused-ring (bicyclic) bond motifs is 5. The highest BCUT2D eigenvalue weighted by Gasteiger charge is 2.52. The first-order valence-corrected chi connectivity index (χ1v) is 12.2. The maximum atomic E-state index is 10.5. The van der Waals surface area contributed by atoms with Gasteiger partial charge in [0.15, 0.2) is 0 Å². The van der Waals surface area contributed by atoms with Gasteiger partial charge >= 0.3 is 0 Å². The molecule has 4 unspecified atom stereocenters. The van der Waals surface area contributed by atoms with Crippen LogP contribution >= 0.6 is 0 Å². The van der Waals surface area contributed by atoms with Crippen molar-refractivity contribution in [1.29, 1.82) is 0 Å². The maximum absolute atomic E-state index is 10.5. The Labute approximate surface area is 189 Å². The van der Waals surface area contributed by atoms with Gasteiger partial charge in [0, 0.05) is 18.7 Å². The summed E-state index contributed by atoms with van der Waals surface area (Å²) in [5.74, 6) is 2.72. The number of nitrogens with zero attached hydrogens (tertiary/aromatic N) is 2. The van der Waals surface area contributed by atoms with Crippen molar-refractivity contribution < 1.29 is 9.84 Å². The monoisotopic (exact) mass is 426 g/mol. The lowest BCUT2D eigenvalue weighted by atomic mass is 9.55. The van der Waals surface area contributed by atoms with E-state index >= 15 is 0 Å². The highest BCUT2D eigenvalue weighted by atomic mass is 16.5. The van der Waals surface area contributed by atoms with E-state index in [2.05, 4.69) is 63.1 Å². The Morgan fingerprint density at radius 2 is 1.90 bits per heavy atom. The normalized spacial score (nSPS) is 31.2. The summed E-state index contributed by atoms with van der Waals surface area (Å²) in [6, 6.07) is 4.41. The molecule has 3 aliphatic rings. The quantitative estimate of drug-likeness (QED) is 0.501. The zero-order valence-electron chi connectivity index (χ0n) is 20.3. The number of hydrogen-bond acceptors (Lipinski definition) is 4. The fraction of sp³-hybridized carbons (Fsp3) is 0.704. The van der Waals surface area contributed by atoms with E-state index in [9.17, 15) is 5.11 Å². The summed E-state index contributed by atoms with van der Waals surface area (Å²) >= 11 is 0. The second-order valence-electron chi connectivity index (χ2n) is 10.9. The second kappa shape index (κ2) is 9.25. The first-order valence-electron chi connectivity index (χ1n) is 12.2. The number of ether oxygens (including phenoxy) is 1. The molecule has 3 aliphatic carbocycles. The van der Waals surface area contributed by atoms with E-state index in [4.69, 9.17) is 4.74 Å². The van der Waals surface area contributed by atoms with Gasteiger partial charge in [0.25, 0.3) is 0 Å². The lowest BCUT2D eigenvalue weighted by Gasteiger charge is -2.49. The second-order valence-corrected chi connectivity index (χ2v) is 10.9. The van der Waals surface area contributed by atoms with Crippen LogP contribution in [0.2, 0.25) is 0 Å². The summed E-state index contributed by atoms with van der Waals surface area (Å²) in [6.07, 6.45) is 9.94. The van der Waals surface area contributed by atoms with Crippen molar-refractivity contribution in [3.63, 3.8) is 0 Å². The van der Waals surface area contributed by atoms with E-state index in [-0.39, 0.29) is 0 Å². The number of hydrogen-bond donors (Lipinski definition) is 1. The molecule has 0 spiro atoms. The molecule has 4 atom stereocenters. The van der Waals surface area contributed by atoms with E-state index in [0.29, 0.717) is 17.1 Å². The summed E-state index contributed by atoms with van der Waals surface area (Å²) in [7, 11) is 8.33. The lowest BCUT2D eigenvalue weighted by Crippen LogP contribution is -2.40. The van der Waals surface area contributed by atoms with Crippen molar-refractivity contribution in [2.24, 2.45) is 17.3 Å². The summed E-state index contributed by atoms with van der Waals surface area (Å²) in [5.41, 5.74) is 6.03. The number of rotatable bonds is 7. The van der Waals surface area contributed by atoms with Crippen LogP contribution in [-0.2, 0) is 17.7 Å². The van der Waals surface area contributed by atoms with Gasteiger partial charge in [-0.25, -0.2) is 0 Å². The van der Waals surface area contributed by atoms with Crippen LogP contribution < -0.4 is 0 Å². The van der Waals surface area contributed by atoms with Crippen LogP contribution in [0.1, 0.15) is 61.6 Å². The standard InChI is InChI=1S/C27H42N2O2/c1-27-12-10-22-23(25(27)9-7-21(27)11-14-31-15-13-28(2)3)8-6-19-17-26(30)20(16-24(19)22)18-29(4)5/h11,16-17,22-23,25,30H,6-10,12-15,18H2,1-5H3. The molecule has 172 valence electrons. The van der Waals surface area contributed by atoms with E-state index in [1.807, 2.05) is 0 Å². The van der Waals surface area contributed by atoms with Crippen LogP contribution in [0.3, 0.4) is 0 Å². The van der Waals surface area contributed by atoms with Gasteiger partial charge in [0.2, 0.25) is 0 Å². The predicted octanol–water partition coefficient (Wildman–Crippen LogP) is 4.81. The zero-order valence-corrected chi connectivity index (χ0v) is 20.3. The topological polar surface area (TPSA) is 35.9 Å². The average molecular weight is 427 g/mol. The summed E-state index contributed by atoms with van der Waals surface area (Å²) in [5, 5.41) is 10.5. The molecular formula is C27H42N2O2. The van der Waals surface area contributed by atoms with Gasteiger partial charge in [-0.3, -0.25) is 0 Å². The first-order chi connectivity index (χ1) is 14.8. The van der Waals surface area contributed by atoms with Gasteiger partial charge in [-0.1, -0.05) is 24.6 Å². The molecule has 0 bridgehead atoms. The van der Waals surface area contributed by atoms with Gasteiger partial charge in [0.1, 0.15) is 5.75 Å². The fourth-order valence-corrected chi connectivity index (χ4v) is 6.80. The number of aryl methyl sites for hydroxylation is 1. The van der Waals surface area contributed by atoms with E-state index < -0.39 is 0 Å². The van der Waals surface area contributed by atoms with Crippen LogP contribution in [0.25, 0.3) is 0 Å². The van der Waals surface area contributed by atoms with Gasteiger partial charge in [-0.05, 0) is 107 Å². The first kappa shape index (κ1) is 22.8. The molecule has 0 amide bonds. The largest absolute Gasteiger partial charge is 0.508 e. The fourth-order valence-electron chi connectivity index (χ4n) is 6.80. The van der Waals surface area contributed by atoms with Gasteiger partial charge in [0.05, 0.1) is 13.2 Å². The molecule has 0 aliphatic heterocycles. The van der Waals surface area contributed by atoms with Crippen molar-refractivity contribution in [3.8, 4) is 5.75 Å². The number of allylic oxidation sites excluding steroid dienone is 1. The molecule has 4 nitrogen and oxygen atoms in total. The zero-order chi connectivity index (χ0) is 22.2. The summed E-state index contributed by atoms with van der Waals surface area (Å²) in [6.45, 7) is 5.89. The van der Waals surface area contributed by atoms with E-state index in [0.717, 1.165) is 50.1 Å². The third kappa shape index (κ3) is 4.58. The third-order valence-corrected chi connectivity index (χ3v) is 8.39. The predicted molar refractivity (Wildman–Crippen MR) is 128 cm³/mol. The summed E-state index contributed by atoms with van der Waals surface area (Å²) in [4.78, 5) is 4.32. The third-order valence-electron chi connectivity index (χ3n) is 8.39. The Hall–Kier alpha value is -1.36. The van der Waals surface area contributed by atoms with E-state index in [1.165, 1.54) is 43.2 Å². The average Bonchev–Trinajstić information content (AvgIpc) is 3.04. The Morgan fingerprint density at radius 3 is 2.65 bits per heavy atom. The molecule has 0 aromatic heterocycles. The summed E-state index contributed by atoms with van der Waals surface area (Å²) < 4.78 is 5.89. The number of benzene rings is 1. The van der Waals surface area contributed by atoms with Gasteiger partial charge < -0.3 is 19.6 Å². The molecule has 0 saturated heterocycles.